The van der Waals surface area contributed by atoms with Gasteiger partial charge in [-0.3, -0.25) is 0 Å². The van der Waals surface area contributed by atoms with Gasteiger partial charge in [-0.1, -0.05) is 45.2 Å². The molecule has 0 heterocycles. The van der Waals surface area contributed by atoms with Crippen LogP contribution in [0.2, 0.25) is 10.0 Å². The van der Waals surface area contributed by atoms with Crippen molar-refractivity contribution < 1.29 is 4.74 Å². The van der Waals surface area contributed by atoms with Gasteiger partial charge in [-0.05, 0) is 24.3 Å². The van der Waals surface area contributed by atoms with Crippen LogP contribution in [0.4, 0.5) is 0 Å². The lowest BCUT2D eigenvalue weighted by Gasteiger charge is -2.11. The van der Waals surface area contributed by atoms with Gasteiger partial charge in [-0.25, -0.2) is 0 Å². The van der Waals surface area contributed by atoms with Gasteiger partial charge in [0.1, 0.15) is 11.5 Å². The fourth-order valence-corrected chi connectivity index (χ4v) is 2.30. The summed E-state index contributed by atoms with van der Waals surface area (Å²) < 4.78 is 6.68. The summed E-state index contributed by atoms with van der Waals surface area (Å²) >= 11 is 15.2. The Morgan fingerprint density at radius 3 is 2.56 bits per heavy atom. The van der Waals surface area contributed by atoms with E-state index >= 15 is 0 Å². The first-order valence-electron chi connectivity index (χ1n) is 5.22. The van der Waals surface area contributed by atoms with Crippen molar-refractivity contribution in [2.75, 3.05) is 0 Å². The highest BCUT2D eigenvalue weighted by molar-refractivity contribution is 9.10. The monoisotopic (exact) mass is 345 g/mol. The quantitative estimate of drug-likeness (QED) is 0.848. The maximum Gasteiger partial charge on any atom is 0.133 e. The summed E-state index contributed by atoms with van der Waals surface area (Å²) in [5.41, 5.74) is 6.61. The molecule has 2 aromatic carbocycles. The average molecular weight is 347 g/mol. The molecule has 0 aromatic heterocycles. The van der Waals surface area contributed by atoms with E-state index in [-0.39, 0.29) is 0 Å². The van der Waals surface area contributed by atoms with Crippen LogP contribution in [0.25, 0.3) is 0 Å². The van der Waals surface area contributed by atoms with Gasteiger partial charge in [-0.2, -0.15) is 0 Å². The van der Waals surface area contributed by atoms with Gasteiger partial charge in [-0.15, -0.1) is 0 Å². The third-order valence-electron chi connectivity index (χ3n) is 2.40. The molecule has 18 heavy (non-hydrogen) atoms. The SMILES string of the molecule is NCc1c(Br)cccc1Oc1ccc(Cl)c(Cl)c1. The Hall–Kier alpha value is -0.740. The predicted molar refractivity (Wildman–Crippen MR) is 78.6 cm³/mol. The molecular formula is C13H10BrCl2NO. The van der Waals surface area contributed by atoms with E-state index in [4.69, 9.17) is 33.7 Å². The molecular weight excluding hydrogens is 337 g/mol. The number of ether oxygens (including phenoxy) is 1. The van der Waals surface area contributed by atoms with Crippen molar-refractivity contribution in [3.8, 4) is 11.5 Å². The second kappa shape index (κ2) is 5.93. The average Bonchev–Trinajstić information content (AvgIpc) is 2.34. The summed E-state index contributed by atoms with van der Waals surface area (Å²) in [4.78, 5) is 0. The number of hydrogen-bond donors (Lipinski definition) is 1. The zero-order valence-electron chi connectivity index (χ0n) is 9.29. The molecule has 94 valence electrons. The van der Waals surface area contributed by atoms with E-state index in [1.807, 2.05) is 18.2 Å². The van der Waals surface area contributed by atoms with Gasteiger partial charge in [0.15, 0.2) is 0 Å². The summed E-state index contributed by atoms with van der Waals surface area (Å²) in [7, 11) is 0. The third kappa shape index (κ3) is 2.98. The van der Waals surface area contributed by atoms with E-state index in [2.05, 4.69) is 15.9 Å². The van der Waals surface area contributed by atoms with Crippen molar-refractivity contribution in [2.24, 2.45) is 5.73 Å². The molecule has 0 aliphatic heterocycles. The summed E-state index contributed by atoms with van der Waals surface area (Å²) in [5.74, 6) is 1.32. The predicted octanol–water partition coefficient (Wildman–Crippen LogP) is 5.01. The van der Waals surface area contributed by atoms with Crippen LogP contribution >= 0.6 is 39.1 Å². The Morgan fingerprint density at radius 2 is 1.89 bits per heavy atom. The maximum atomic E-state index is 5.94. The summed E-state index contributed by atoms with van der Waals surface area (Å²) in [5, 5.41) is 0.954. The van der Waals surface area contributed by atoms with Crippen molar-refractivity contribution in [1.29, 1.82) is 0 Å². The minimum Gasteiger partial charge on any atom is -0.457 e. The number of halogens is 3. The largest absolute Gasteiger partial charge is 0.457 e. The lowest BCUT2D eigenvalue weighted by Crippen LogP contribution is -2.00. The van der Waals surface area contributed by atoms with Crippen LogP contribution in [0.1, 0.15) is 5.56 Å². The van der Waals surface area contributed by atoms with Crippen molar-refractivity contribution in [3.63, 3.8) is 0 Å². The fraction of sp³-hybridized carbons (Fsp3) is 0.0769. The van der Waals surface area contributed by atoms with Gasteiger partial charge < -0.3 is 10.5 Å². The Morgan fingerprint density at radius 1 is 1.11 bits per heavy atom. The summed E-state index contributed by atoms with van der Waals surface area (Å²) in [6.45, 7) is 0.387. The molecule has 0 spiro atoms. The van der Waals surface area contributed by atoms with Crippen molar-refractivity contribution in [1.82, 2.24) is 0 Å². The summed E-state index contributed by atoms with van der Waals surface area (Å²) in [6.07, 6.45) is 0. The molecule has 2 aromatic rings. The second-order valence-electron chi connectivity index (χ2n) is 3.60. The lowest BCUT2D eigenvalue weighted by molar-refractivity contribution is 0.476. The lowest BCUT2D eigenvalue weighted by atomic mass is 10.2. The minimum absolute atomic E-state index is 0.387. The molecule has 2 nitrogen and oxygen atoms in total. The van der Waals surface area contributed by atoms with E-state index in [0.717, 1.165) is 10.0 Å². The van der Waals surface area contributed by atoms with Crippen LogP contribution in [-0.4, -0.2) is 0 Å². The van der Waals surface area contributed by atoms with Crippen LogP contribution in [0.5, 0.6) is 11.5 Å². The van der Waals surface area contributed by atoms with E-state index < -0.39 is 0 Å². The molecule has 0 saturated heterocycles. The normalized spacial score (nSPS) is 10.4. The van der Waals surface area contributed by atoms with E-state index in [1.165, 1.54) is 0 Å². The molecule has 0 unspecified atom stereocenters. The van der Waals surface area contributed by atoms with E-state index in [9.17, 15) is 0 Å². The van der Waals surface area contributed by atoms with Gasteiger partial charge in [0.05, 0.1) is 10.0 Å². The first-order chi connectivity index (χ1) is 8.61. The van der Waals surface area contributed by atoms with Gasteiger partial charge >= 0.3 is 0 Å². The molecule has 0 saturated carbocycles. The standard InChI is InChI=1S/C13H10BrCl2NO/c14-10-2-1-3-13(9(10)7-17)18-8-4-5-11(15)12(16)6-8/h1-6H,7,17H2. The van der Waals surface area contributed by atoms with Crippen LogP contribution in [0.3, 0.4) is 0 Å². The Labute approximate surface area is 124 Å². The first-order valence-corrected chi connectivity index (χ1v) is 6.77. The van der Waals surface area contributed by atoms with Crippen molar-refractivity contribution in [2.45, 2.75) is 6.54 Å². The fourth-order valence-electron chi connectivity index (χ4n) is 1.50. The van der Waals surface area contributed by atoms with Gasteiger partial charge in [0.2, 0.25) is 0 Å². The topological polar surface area (TPSA) is 35.2 Å². The third-order valence-corrected chi connectivity index (χ3v) is 3.88. The number of benzene rings is 2. The molecule has 2 rings (SSSR count). The molecule has 0 bridgehead atoms. The molecule has 2 N–H and O–H groups in total. The molecule has 0 amide bonds. The maximum absolute atomic E-state index is 5.94. The summed E-state index contributed by atoms with van der Waals surface area (Å²) in [6, 6.07) is 10.8. The van der Waals surface area contributed by atoms with Crippen LogP contribution in [0, 0.1) is 0 Å². The number of nitrogens with two attached hydrogens (primary N) is 1. The smallest absolute Gasteiger partial charge is 0.133 e. The Bertz CT molecular complexity index is 575. The highest BCUT2D eigenvalue weighted by Gasteiger charge is 2.08. The Balaban J connectivity index is 2.34. The Kier molecular flexibility index (Phi) is 4.51. The van der Waals surface area contributed by atoms with Crippen LogP contribution < -0.4 is 10.5 Å². The zero-order valence-corrected chi connectivity index (χ0v) is 12.4. The van der Waals surface area contributed by atoms with E-state index in [0.29, 0.717) is 28.1 Å². The number of hydrogen-bond acceptors (Lipinski definition) is 2. The molecule has 0 atom stereocenters. The molecule has 0 aliphatic carbocycles. The molecule has 0 aliphatic rings. The molecule has 0 radical (unpaired) electrons. The molecule has 0 fully saturated rings. The zero-order chi connectivity index (χ0) is 13.1. The molecule has 5 heteroatoms. The highest BCUT2D eigenvalue weighted by atomic mass is 79.9. The van der Waals surface area contributed by atoms with Gasteiger partial charge in [0.25, 0.3) is 0 Å². The highest BCUT2D eigenvalue weighted by Crippen LogP contribution is 2.33. The van der Waals surface area contributed by atoms with E-state index in [1.54, 1.807) is 18.2 Å². The number of rotatable bonds is 3. The van der Waals surface area contributed by atoms with Gasteiger partial charge in [0, 0.05) is 22.6 Å². The van der Waals surface area contributed by atoms with Crippen LogP contribution in [0.15, 0.2) is 40.9 Å². The second-order valence-corrected chi connectivity index (χ2v) is 5.27. The van der Waals surface area contributed by atoms with Crippen molar-refractivity contribution in [3.05, 3.63) is 56.5 Å². The van der Waals surface area contributed by atoms with Crippen LogP contribution in [-0.2, 0) is 6.54 Å². The van der Waals surface area contributed by atoms with Crippen molar-refractivity contribution >= 4 is 39.1 Å². The first kappa shape index (κ1) is 13.7. The minimum atomic E-state index is 0.387.